The maximum Gasteiger partial charge on any atom is 0 e. The number of benzene rings is 3. The van der Waals surface area contributed by atoms with Gasteiger partial charge in [0.05, 0.1) is 0 Å². The summed E-state index contributed by atoms with van der Waals surface area (Å²) in [6.45, 7) is 9.25. The summed E-state index contributed by atoms with van der Waals surface area (Å²) in [6.07, 6.45) is 7.62. The molecule has 1 atom stereocenters. The van der Waals surface area contributed by atoms with Crippen molar-refractivity contribution in [2.24, 2.45) is 5.92 Å². The molecule has 0 aliphatic heterocycles. The van der Waals surface area contributed by atoms with Crippen molar-refractivity contribution in [2.75, 3.05) is 0 Å². The summed E-state index contributed by atoms with van der Waals surface area (Å²) in [7, 11) is -0.446. The van der Waals surface area contributed by atoms with Gasteiger partial charge in [-0.1, -0.05) is 129 Å². The molecule has 0 nitrogen and oxygen atoms in total. The predicted octanol–water partition coefficient (Wildman–Crippen LogP) is 5.99. The zero-order chi connectivity index (χ0) is 19.3. The molecule has 3 aromatic carbocycles. The van der Waals surface area contributed by atoms with Gasteiger partial charge < -0.3 is 0 Å². The molecule has 0 N–H and O–H groups in total. The minimum atomic E-state index is -0.446. The third-order valence-electron chi connectivity index (χ3n) is 3.97. The van der Waals surface area contributed by atoms with Gasteiger partial charge in [-0.3, -0.25) is 0 Å². The minimum Gasteiger partial charge on any atom is -0.102 e. The SMILES string of the molecule is C=CC=CC(C)C=C.[Co].c1ccc(P(c2ccccc2)c2ccccc2)cc1. The van der Waals surface area contributed by atoms with Crippen molar-refractivity contribution < 1.29 is 16.8 Å². The molecule has 0 amide bonds. The van der Waals surface area contributed by atoms with E-state index < -0.39 is 7.92 Å². The van der Waals surface area contributed by atoms with E-state index >= 15 is 0 Å². The molecule has 3 aromatic rings. The molecule has 0 aliphatic carbocycles. The molecule has 145 valence electrons. The van der Waals surface area contributed by atoms with Crippen LogP contribution in [-0.4, -0.2) is 0 Å². The topological polar surface area (TPSA) is 0 Å². The third-order valence-corrected chi connectivity index (χ3v) is 6.41. The Morgan fingerprint density at radius 3 is 1.32 bits per heavy atom. The van der Waals surface area contributed by atoms with E-state index in [9.17, 15) is 0 Å². The fourth-order valence-corrected chi connectivity index (χ4v) is 4.82. The standard InChI is InChI=1S/C18H15P.C8H12.Co/c1-4-10-16(11-5-1)19(17-12-6-2-7-13-17)18-14-8-3-9-15-18;1-4-6-7-8(3)5-2;/h1-15H;4-8H,1-2H2,3H3;. The average molecular weight is 429 g/mol. The Labute approximate surface area is 181 Å². The summed E-state index contributed by atoms with van der Waals surface area (Å²) in [5.41, 5.74) is 0. The third kappa shape index (κ3) is 7.82. The molecule has 2 heteroatoms. The number of rotatable bonds is 6. The monoisotopic (exact) mass is 429 g/mol. The van der Waals surface area contributed by atoms with Gasteiger partial charge in [-0.2, -0.15) is 0 Å². The maximum atomic E-state index is 3.63. The smallest absolute Gasteiger partial charge is 0 e. The van der Waals surface area contributed by atoms with Gasteiger partial charge in [0.25, 0.3) is 0 Å². The van der Waals surface area contributed by atoms with E-state index in [0.29, 0.717) is 5.92 Å². The molecule has 3 rings (SSSR count). The van der Waals surface area contributed by atoms with Crippen molar-refractivity contribution in [1.29, 1.82) is 0 Å². The van der Waals surface area contributed by atoms with Crippen LogP contribution in [-0.2, 0) is 16.8 Å². The second kappa shape index (κ2) is 13.9. The van der Waals surface area contributed by atoms with E-state index in [4.69, 9.17) is 0 Å². The van der Waals surface area contributed by atoms with Crippen LogP contribution in [0.25, 0.3) is 0 Å². The van der Waals surface area contributed by atoms with E-state index in [0.717, 1.165) is 0 Å². The fourth-order valence-electron chi connectivity index (χ4n) is 2.51. The zero-order valence-electron chi connectivity index (χ0n) is 16.2. The molecule has 0 fully saturated rings. The molecule has 0 heterocycles. The Kier molecular flexibility index (Phi) is 11.8. The molecule has 0 aliphatic rings. The van der Waals surface area contributed by atoms with Gasteiger partial charge in [0.15, 0.2) is 0 Å². The molecular weight excluding hydrogens is 402 g/mol. The van der Waals surface area contributed by atoms with Crippen molar-refractivity contribution in [3.05, 3.63) is 128 Å². The predicted molar refractivity (Wildman–Crippen MR) is 124 cm³/mol. The van der Waals surface area contributed by atoms with Crippen LogP contribution in [0.3, 0.4) is 0 Å². The fraction of sp³-hybridized carbons (Fsp3) is 0.0769. The molecule has 0 spiro atoms. The zero-order valence-corrected chi connectivity index (χ0v) is 18.2. The largest absolute Gasteiger partial charge is 0.102 e. The molecule has 1 radical (unpaired) electrons. The van der Waals surface area contributed by atoms with Gasteiger partial charge in [-0.05, 0) is 29.8 Å². The first-order valence-electron chi connectivity index (χ1n) is 9.13. The summed E-state index contributed by atoms with van der Waals surface area (Å²) in [6, 6.07) is 32.3. The molecular formula is C26H27CoP. The van der Waals surface area contributed by atoms with Gasteiger partial charge in [-0.15, -0.1) is 6.58 Å². The molecule has 0 saturated heterocycles. The van der Waals surface area contributed by atoms with Crippen LogP contribution in [0.15, 0.2) is 128 Å². The van der Waals surface area contributed by atoms with E-state index in [2.05, 4.69) is 111 Å². The molecule has 0 saturated carbocycles. The summed E-state index contributed by atoms with van der Waals surface area (Å²) in [4.78, 5) is 0. The summed E-state index contributed by atoms with van der Waals surface area (Å²) in [5.74, 6) is 0.466. The van der Waals surface area contributed by atoms with Crippen molar-refractivity contribution in [3.63, 3.8) is 0 Å². The Morgan fingerprint density at radius 2 is 1.04 bits per heavy atom. The first-order chi connectivity index (χ1) is 13.3. The molecule has 1 unspecified atom stereocenters. The van der Waals surface area contributed by atoms with Crippen molar-refractivity contribution >= 4 is 23.8 Å². The number of hydrogen-bond donors (Lipinski definition) is 0. The van der Waals surface area contributed by atoms with E-state index in [1.165, 1.54) is 15.9 Å². The van der Waals surface area contributed by atoms with Crippen molar-refractivity contribution in [1.82, 2.24) is 0 Å². The Balaban J connectivity index is 0.000000376. The second-order valence-electron chi connectivity index (χ2n) is 6.06. The first-order valence-corrected chi connectivity index (χ1v) is 10.5. The minimum absolute atomic E-state index is 0. The molecule has 28 heavy (non-hydrogen) atoms. The van der Waals surface area contributed by atoms with Gasteiger partial charge >= 0.3 is 0 Å². The number of hydrogen-bond acceptors (Lipinski definition) is 0. The summed E-state index contributed by atoms with van der Waals surface area (Å²) in [5, 5.41) is 4.19. The molecule has 0 aromatic heterocycles. The van der Waals surface area contributed by atoms with E-state index in [1.54, 1.807) is 6.08 Å². The summed E-state index contributed by atoms with van der Waals surface area (Å²) < 4.78 is 0. The van der Waals surface area contributed by atoms with Crippen LogP contribution in [0.1, 0.15) is 6.92 Å². The normalized spacial score (nSPS) is 11.1. The Bertz CT molecular complexity index is 732. The van der Waals surface area contributed by atoms with Crippen LogP contribution in [0, 0.1) is 5.92 Å². The van der Waals surface area contributed by atoms with Crippen LogP contribution in [0.2, 0.25) is 0 Å². The van der Waals surface area contributed by atoms with E-state index in [1.807, 2.05) is 18.2 Å². The average Bonchev–Trinajstić information content (AvgIpc) is 2.75. The van der Waals surface area contributed by atoms with Gasteiger partial charge in [0.2, 0.25) is 0 Å². The van der Waals surface area contributed by atoms with Gasteiger partial charge in [-0.25, -0.2) is 0 Å². The first kappa shape index (κ1) is 23.9. The van der Waals surface area contributed by atoms with Crippen LogP contribution < -0.4 is 15.9 Å². The quantitative estimate of drug-likeness (QED) is 0.256. The summed E-state index contributed by atoms with van der Waals surface area (Å²) >= 11 is 0. The van der Waals surface area contributed by atoms with Gasteiger partial charge in [0, 0.05) is 16.8 Å². The van der Waals surface area contributed by atoms with Crippen LogP contribution >= 0.6 is 7.92 Å². The maximum absolute atomic E-state index is 3.63. The van der Waals surface area contributed by atoms with E-state index in [-0.39, 0.29) is 16.8 Å². The van der Waals surface area contributed by atoms with Gasteiger partial charge in [0.1, 0.15) is 0 Å². The second-order valence-corrected chi connectivity index (χ2v) is 8.28. The molecule has 0 bridgehead atoms. The van der Waals surface area contributed by atoms with Crippen LogP contribution in [0.5, 0.6) is 0 Å². The van der Waals surface area contributed by atoms with Crippen LogP contribution in [0.4, 0.5) is 0 Å². The number of allylic oxidation sites excluding steroid dienone is 4. The van der Waals surface area contributed by atoms with Crippen molar-refractivity contribution in [3.8, 4) is 0 Å². The van der Waals surface area contributed by atoms with Crippen molar-refractivity contribution in [2.45, 2.75) is 6.92 Å². The Morgan fingerprint density at radius 1 is 0.679 bits per heavy atom. The Hall–Kier alpha value is -2.18.